The second-order valence-corrected chi connectivity index (χ2v) is 5.87. The van der Waals surface area contributed by atoms with E-state index in [0.29, 0.717) is 24.2 Å². The van der Waals surface area contributed by atoms with Crippen LogP contribution in [0.25, 0.3) is 0 Å². The number of nitrogens with one attached hydrogen (secondary N) is 2. The molecular weight excluding hydrogens is 298 g/mol. The van der Waals surface area contributed by atoms with Crippen LogP contribution in [-0.2, 0) is 4.79 Å². The third kappa shape index (κ3) is 4.21. The lowest BCUT2D eigenvalue weighted by Gasteiger charge is -2.34. The maximum Gasteiger partial charge on any atom is 0.321 e. The SMILES string of the molecule is CNC(=O)c1ccc(NC(=O)N2CC(C)CC(C(=O)O)C2)cc1. The summed E-state index contributed by atoms with van der Waals surface area (Å²) in [6, 6.07) is 6.20. The molecule has 1 heterocycles. The fourth-order valence-corrected chi connectivity index (χ4v) is 2.75. The zero-order valence-electron chi connectivity index (χ0n) is 13.2. The third-order valence-electron chi connectivity index (χ3n) is 3.92. The first-order chi connectivity index (χ1) is 10.9. The van der Waals surface area contributed by atoms with Gasteiger partial charge in [-0.3, -0.25) is 9.59 Å². The largest absolute Gasteiger partial charge is 0.481 e. The van der Waals surface area contributed by atoms with Crippen LogP contribution in [0.15, 0.2) is 24.3 Å². The van der Waals surface area contributed by atoms with Crippen LogP contribution in [0.1, 0.15) is 23.7 Å². The second-order valence-electron chi connectivity index (χ2n) is 5.87. The molecule has 2 unspecified atom stereocenters. The Hall–Kier alpha value is -2.57. The summed E-state index contributed by atoms with van der Waals surface area (Å²) in [4.78, 5) is 36.5. The van der Waals surface area contributed by atoms with Gasteiger partial charge in [-0.15, -0.1) is 0 Å². The average Bonchev–Trinajstić information content (AvgIpc) is 2.54. The number of piperidine rings is 1. The van der Waals surface area contributed by atoms with Gasteiger partial charge in [-0.25, -0.2) is 4.79 Å². The van der Waals surface area contributed by atoms with Crippen LogP contribution in [0, 0.1) is 11.8 Å². The normalized spacial score (nSPS) is 20.7. The first kappa shape index (κ1) is 16.8. The molecule has 7 nitrogen and oxygen atoms in total. The van der Waals surface area contributed by atoms with E-state index in [1.165, 1.54) is 4.90 Å². The molecule has 3 N–H and O–H groups in total. The summed E-state index contributed by atoms with van der Waals surface area (Å²) in [6.45, 7) is 2.68. The summed E-state index contributed by atoms with van der Waals surface area (Å²) in [7, 11) is 1.55. The quantitative estimate of drug-likeness (QED) is 0.788. The van der Waals surface area contributed by atoms with Gasteiger partial charge in [0, 0.05) is 31.4 Å². The van der Waals surface area contributed by atoms with E-state index in [1.807, 2.05) is 6.92 Å². The molecule has 1 saturated heterocycles. The number of urea groups is 1. The number of amides is 3. The summed E-state index contributed by atoms with van der Waals surface area (Å²) in [5, 5.41) is 14.4. The molecule has 23 heavy (non-hydrogen) atoms. The highest BCUT2D eigenvalue weighted by molar-refractivity contribution is 5.95. The first-order valence-electron chi connectivity index (χ1n) is 7.51. The van der Waals surface area contributed by atoms with Crippen molar-refractivity contribution >= 4 is 23.6 Å². The lowest BCUT2D eigenvalue weighted by atomic mass is 9.91. The Labute approximate surface area is 134 Å². The monoisotopic (exact) mass is 319 g/mol. The van der Waals surface area contributed by atoms with E-state index < -0.39 is 11.9 Å². The Bertz CT molecular complexity index is 600. The van der Waals surface area contributed by atoms with E-state index in [2.05, 4.69) is 10.6 Å². The number of benzene rings is 1. The van der Waals surface area contributed by atoms with Crippen LogP contribution in [-0.4, -0.2) is 48.1 Å². The number of carboxylic acids is 1. The molecule has 2 atom stereocenters. The molecule has 1 aromatic carbocycles. The molecule has 7 heteroatoms. The minimum absolute atomic E-state index is 0.145. The van der Waals surface area contributed by atoms with E-state index in [0.717, 1.165) is 0 Å². The van der Waals surface area contributed by atoms with Crippen molar-refractivity contribution in [3.8, 4) is 0 Å². The van der Waals surface area contributed by atoms with E-state index >= 15 is 0 Å². The summed E-state index contributed by atoms with van der Waals surface area (Å²) in [6.07, 6.45) is 0.583. The van der Waals surface area contributed by atoms with Crippen molar-refractivity contribution in [2.45, 2.75) is 13.3 Å². The highest BCUT2D eigenvalue weighted by atomic mass is 16.4. The number of hydrogen-bond donors (Lipinski definition) is 3. The van der Waals surface area contributed by atoms with Gasteiger partial charge in [0.15, 0.2) is 0 Å². The van der Waals surface area contributed by atoms with Crippen molar-refractivity contribution < 1.29 is 19.5 Å². The summed E-state index contributed by atoms with van der Waals surface area (Å²) >= 11 is 0. The van der Waals surface area contributed by atoms with Gasteiger partial charge in [-0.05, 0) is 36.6 Å². The molecule has 0 aromatic heterocycles. The number of likely N-dealkylation sites (tertiary alicyclic amines) is 1. The standard InChI is InChI=1S/C16H21N3O4/c1-10-7-12(15(21)22)9-19(8-10)16(23)18-13-5-3-11(4-6-13)14(20)17-2/h3-6,10,12H,7-9H2,1-2H3,(H,17,20)(H,18,23)(H,21,22). The number of carbonyl (C=O) groups is 3. The van der Waals surface area contributed by atoms with Gasteiger partial charge in [0.05, 0.1) is 5.92 Å². The van der Waals surface area contributed by atoms with Crippen LogP contribution >= 0.6 is 0 Å². The van der Waals surface area contributed by atoms with Gasteiger partial charge in [0.2, 0.25) is 0 Å². The molecule has 3 amide bonds. The molecule has 1 aromatic rings. The predicted octanol–water partition coefficient (Wildman–Crippen LogP) is 1.62. The highest BCUT2D eigenvalue weighted by Crippen LogP contribution is 2.22. The van der Waals surface area contributed by atoms with Crippen LogP contribution in [0.3, 0.4) is 0 Å². The zero-order chi connectivity index (χ0) is 17.0. The number of rotatable bonds is 3. The van der Waals surface area contributed by atoms with Crippen LogP contribution in [0.4, 0.5) is 10.5 Å². The van der Waals surface area contributed by atoms with Crippen molar-refractivity contribution in [2.75, 3.05) is 25.5 Å². The first-order valence-corrected chi connectivity index (χ1v) is 7.51. The minimum Gasteiger partial charge on any atom is -0.481 e. The van der Waals surface area contributed by atoms with Crippen LogP contribution < -0.4 is 10.6 Å². The molecule has 1 aliphatic rings. The van der Waals surface area contributed by atoms with Crippen LogP contribution in [0.5, 0.6) is 0 Å². The summed E-state index contributed by atoms with van der Waals surface area (Å²) in [5.74, 6) is -1.45. The lowest BCUT2D eigenvalue weighted by molar-refractivity contribution is -0.143. The number of carbonyl (C=O) groups excluding carboxylic acids is 2. The number of nitrogens with zero attached hydrogens (tertiary/aromatic N) is 1. The second kappa shape index (κ2) is 7.13. The van der Waals surface area contributed by atoms with Crippen LogP contribution in [0.2, 0.25) is 0 Å². The summed E-state index contributed by atoms with van der Waals surface area (Å²) < 4.78 is 0. The number of hydrogen-bond acceptors (Lipinski definition) is 3. The maximum absolute atomic E-state index is 12.3. The average molecular weight is 319 g/mol. The fraction of sp³-hybridized carbons (Fsp3) is 0.438. The topological polar surface area (TPSA) is 98.7 Å². The summed E-state index contributed by atoms with van der Waals surface area (Å²) in [5.41, 5.74) is 1.07. The Kier molecular flexibility index (Phi) is 5.20. The Balaban J connectivity index is 2.00. The van der Waals surface area contributed by atoms with Gasteiger partial charge in [-0.2, -0.15) is 0 Å². The lowest BCUT2D eigenvalue weighted by Crippen LogP contribution is -2.47. The molecule has 1 fully saturated rings. The van der Waals surface area contributed by atoms with Crippen molar-refractivity contribution in [1.29, 1.82) is 0 Å². The van der Waals surface area contributed by atoms with Gasteiger partial charge in [0.1, 0.15) is 0 Å². The Morgan fingerprint density at radius 2 is 1.83 bits per heavy atom. The predicted molar refractivity (Wildman–Crippen MR) is 85.3 cm³/mol. The Morgan fingerprint density at radius 3 is 2.39 bits per heavy atom. The van der Waals surface area contributed by atoms with Gasteiger partial charge in [-0.1, -0.05) is 6.92 Å². The molecule has 0 bridgehead atoms. The van der Waals surface area contributed by atoms with Gasteiger partial charge >= 0.3 is 12.0 Å². The van der Waals surface area contributed by atoms with Crippen molar-refractivity contribution in [3.05, 3.63) is 29.8 Å². The molecule has 0 saturated carbocycles. The Morgan fingerprint density at radius 1 is 1.17 bits per heavy atom. The minimum atomic E-state index is -0.871. The number of aliphatic carboxylic acids is 1. The smallest absolute Gasteiger partial charge is 0.321 e. The van der Waals surface area contributed by atoms with Crippen molar-refractivity contribution in [3.63, 3.8) is 0 Å². The van der Waals surface area contributed by atoms with E-state index in [1.54, 1.807) is 31.3 Å². The third-order valence-corrected chi connectivity index (χ3v) is 3.92. The molecule has 124 valence electrons. The van der Waals surface area contributed by atoms with E-state index in [9.17, 15) is 14.4 Å². The maximum atomic E-state index is 12.3. The molecule has 0 spiro atoms. The molecule has 0 aliphatic carbocycles. The van der Waals surface area contributed by atoms with E-state index in [4.69, 9.17) is 5.11 Å². The number of anilines is 1. The molecular formula is C16H21N3O4. The zero-order valence-corrected chi connectivity index (χ0v) is 13.2. The molecule has 1 aliphatic heterocycles. The van der Waals surface area contributed by atoms with Gasteiger partial charge in [0.25, 0.3) is 5.91 Å². The fourth-order valence-electron chi connectivity index (χ4n) is 2.75. The van der Waals surface area contributed by atoms with Crippen molar-refractivity contribution in [2.24, 2.45) is 11.8 Å². The van der Waals surface area contributed by atoms with Crippen molar-refractivity contribution in [1.82, 2.24) is 10.2 Å². The molecule has 0 radical (unpaired) electrons. The van der Waals surface area contributed by atoms with E-state index in [-0.39, 0.29) is 24.4 Å². The number of carboxylic acid groups (broad SMARTS) is 1. The van der Waals surface area contributed by atoms with Gasteiger partial charge < -0.3 is 20.6 Å². The highest BCUT2D eigenvalue weighted by Gasteiger charge is 2.31. The molecule has 2 rings (SSSR count).